The molecule has 0 aromatic heterocycles. The fourth-order valence-electron chi connectivity index (χ4n) is 4.37. The Bertz CT molecular complexity index is 971. The van der Waals surface area contributed by atoms with E-state index >= 15 is 0 Å². The quantitative estimate of drug-likeness (QED) is 0.825. The van der Waals surface area contributed by atoms with Gasteiger partial charge in [0.15, 0.2) is 0 Å². The maximum Gasteiger partial charge on any atom is 0.261 e. The molecule has 0 aliphatic heterocycles. The van der Waals surface area contributed by atoms with Gasteiger partial charge in [-0.25, -0.2) is 8.42 Å². The predicted octanol–water partition coefficient (Wildman–Crippen LogP) is 3.71. The van der Waals surface area contributed by atoms with Crippen molar-refractivity contribution in [3.05, 3.63) is 59.7 Å². The van der Waals surface area contributed by atoms with Crippen molar-refractivity contribution < 1.29 is 13.2 Å². The fraction of sp³-hybridized carbons (Fsp3) is 0.381. The Balaban J connectivity index is 1.51. The molecule has 0 spiro atoms. The molecule has 0 saturated heterocycles. The van der Waals surface area contributed by atoms with Crippen molar-refractivity contribution in [3.63, 3.8) is 0 Å². The Hall–Kier alpha value is -2.34. The Morgan fingerprint density at radius 1 is 1.04 bits per heavy atom. The molecule has 0 heterocycles. The van der Waals surface area contributed by atoms with Crippen LogP contribution in [0.25, 0.3) is 0 Å². The average Bonchev–Trinajstić information content (AvgIpc) is 3.27. The molecule has 2 aliphatic rings. The zero-order valence-corrected chi connectivity index (χ0v) is 16.1. The van der Waals surface area contributed by atoms with Gasteiger partial charge in [-0.15, -0.1) is 0 Å². The number of anilines is 1. The summed E-state index contributed by atoms with van der Waals surface area (Å²) in [6.45, 7) is 1.84. The number of benzene rings is 2. The van der Waals surface area contributed by atoms with Crippen molar-refractivity contribution in [2.45, 2.75) is 43.5 Å². The second-order valence-electron chi connectivity index (χ2n) is 7.70. The summed E-state index contributed by atoms with van der Waals surface area (Å²) in [5.74, 6) is 1.12. The maximum absolute atomic E-state index is 12.7. The van der Waals surface area contributed by atoms with E-state index in [0.29, 0.717) is 17.2 Å². The molecule has 2 aromatic carbocycles. The summed E-state index contributed by atoms with van der Waals surface area (Å²) in [5, 5.41) is 3.11. The molecule has 3 atom stereocenters. The summed E-state index contributed by atoms with van der Waals surface area (Å²) >= 11 is 0. The summed E-state index contributed by atoms with van der Waals surface area (Å²) < 4.78 is 28.1. The van der Waals surface area contributed by atoms with Gasteiger partial charge in [0, 0.05) is 11.6 Å². The van der Waals surface area contributed by atoms with Crippen LogP contribution < -0.4 is 10.0 Å². The molecule has 142 valence electrons. The van der Waals surface area contributed by atoms with Gasteiger partial charge in [0.05, 0.1) is 10.6 Å². The highest BCUT2D eigenvalue weighted by Gasteiger charge is 2.40. The molecule has 4 rings (SSSR count). The number of fused-ring (bicyclic) bond motifs is 2. The van der Waals surface area contributed by atoms with Crippen molar-refractivity contribution in [1.82, 2.24) is 5.32 Å². The number of para-hydroxylation sites is 1. The van der Waals surface area contributed by atoms with Gasteiger partial charge in [0.25, 0.3) is 15.9 Å². The van der Waals surface area contributed by atoms with Crippen LogP contribution in [-0.4, -0.2) is 20.4 Å². The standard InChI is InChI=1S/C21H24N2O3S/c1-14-5-2-3-8-19(14)23-27(25,26)18-7-4-6-17(13-18)21(24)22-20-12-15-9-10-16(20)11-15/h2-8,13,15-16,20,23H,9-12H2,1H3,(H,22,24)/t15-,16-,20+/m1/s1. The van der Waals surface area contributed by atoms with Crippen LogP contribution in [0.2, 0.25) is 0 Å². The van der Waals surface area contributed by atoms with E-state index in [1.54, 1.807) is 24.3 Å². The molecule has 2 bridgehead atoms. The van der Waals surface area contributed by atoms with Gasteiger partial charge < -0.3 is 5.32 Å². The molecule has 2 N–H and O–H groups in total. The van der Waals surface area contributed by atoms with E-state index in [1.165, 1.54) is 31.4 Å². The minimum atomic E-state index is -3.76. The first kappa shape index (κ1) is 18.0. The van der Waals surface area contributed by atoms with Crippen LogP contribution in [0.5, 0.6) is 0 Å². The van der Waals surface area contributed by atoms with Gasteiger partial charge >= 0.3 is 0 Å². The Kier molecular flexibility index (Phi) is 4.68. The molecule has 5 nitrogen and oxygen atoms in total. The fourth-order valence-corrected chi connectivity index (χ4v) is 5.55. The third-order valence-corrected chi connectivity index (χ3v) is 7.21. The molecule has 2 saturated carbocycles. The van der Waals surface area contributed by atoms with E-state index in [9.17, 15) is 13.2 Å². The lowest BCUT2D eigenvalue weighted by atomic mass is 9.95. The van der Waals surface area contributed by atoms with Crippen molar-refractivity contribution in [2.24, 2.45) is 11.8 Å². The second kappa shape index (κ2) is 7.00. The highest BCUT2D eigenvalue weighted by Crippen LogP contribution is 2.44. The molecular formula is C21H24N2O3S. The van der Waals surface area contributed by atoms with Crippen molar-refractivity contribution >= 4 is 21.6 Å². The Labute approximate surface area is 160 Å². The van der Waals surface area contributed by atoms with Crippen molar-refractivity contribution in [1.29, 1.82) is 0 Å². The number of aryl methyl sites for hydroxylation is 1. The smallest absolute Gasteiger partial charge is 0.261 e. The molecule has 1 amide bonds. The van der Waals surface area contributed by atoms with Crippen LogP contribution in [-0.2, 0) is 10.0 Å². The van der Waals surface area contributed by atoms with Gasteiger partial charge in [0.1, 0.15) is 0 Å². The van der Waals surface area contributed by atoms with E-state index < -0.39 is 10.0 Å². The number of amides is 1. The number of carbonyl (C=O) groups excluding carboxylic acids is 1. The first-order valence-electron chi connectivity index (χ1n) is 9.42. The van der Waals surface area contributed by atoms with Gasteiger partial charge in [-0.2, -0.15) is 0 Å². The molecule has 2 fully saturated rings. The van der Waals surface area contributed by atoms with Crippen LogP contribution in [0.1, 0.15) is 41.6 Å². The summed E-state index contributed by atoms with van der Waals surface area (Å²) in [4.78, 5) is 12.7. The van der Waals surface area contributed by atoms with Crippen molar-refractivity contribution in [2.75, 3.05) is 4.72 Å². The highest BCUT2D eigenvalue weighted by molar-refractivity contribution is 7.92. The van der Waals surface area contributed by atoms with Gasteiger partial charge in [-0.1, -0.05) is 30.7 Å². The zero-order chi connectivity index (χ0) is 19.0. The first-order chi connectivity index (χ1) is 12.9. The number of hydrogen-bond donors (Lipinski definition) is 2. The summed E-state index contributed by atoms with van der Waals surface area (Å²) in [7, 11) is -3.76. The normalized spacial score (nSPS) is 24.0. The zero-order valence-electron chi connectivity index (χ0n) is 15.3. The minimum Gasteiger partial charge on any atom is -0.349 e. The predicted molar refractivity (Wildman–Crippen MR) is 105 cm³/mol. The summed E-state index contributed by atoms with van der Waals surface area (Å²) in [5.41, 5.74) is 1.76. The first-order valence-corrected chi connectivity index (χ1v) is 10.9. The Morgan fingerprint density at radius 3 is 2.56 bits per heavy atom. The topological polar surface area (TPSA) is 75.3 Å². The molecule has 0 unspecified atom stereocenters. The Morgan fingerprint density at radius 2 is 1.85 bits per heavy atom. The van der Waals surface area contributed by atoms with Crippen LogP contribution in [0.15, 0.2) is 53.4 Å². The lowest BCUT2D eigenvalue weighted by Crippen LogP contribution is -2.38. The number of nitrogens with one attached hydrogen (secondary N) is 2. The van der Waals surface area contributed by atoms with E-state index in [0.717, 1.165) is 17.9 Å². The molecule has 2 aliphatic carbocycles. The monoisotopic (exact) mass is 384 g/mol. The highest BCUT2D eigenvalue weighted by atomic mass is 32.2. The van der Waals surface area contributed by atoms with E-state index in [2.05, 4.69) is 10.0 Å². The van der Waals surface area contributed by atoms with Crippen LogP contribution in [0.3, 0.4) is 0 Å². The molecule has 27 heavy (non-hydrogen) atoms. The maximum atomic E-state index is 12.7. The van der Waals surface area contributed by atoms with Gasteiger partial charge in [-0.3, -0.25) is 9.52 Å². The summed E-state index contributed by atoms with van der Waals surface area (Å²) in [6, 6.07) is 13.7. The van der Waals surface area contributed by atoms with Gasteiger partial charge in [-0.05, 0) is 67.9 Å². The lowest BCUT2D eigenvalue weighted by Gasteiger charge is -2.23. The van der Waals surface area contributed by atoms with Crippen molar-refractivity contribution in [3.8, 4) is 0 Å². The number of sulfonamides is 1. The lowest BCUT2D eigenvalue weighted by molar-refractivity contribution is 0.0922. The van der Waals surface area contributed by atoms with Crippen LogP contribution in [0.4, 0.5) is 5.69 Å². The number of hydrogen-bond acceptors (Lipinski definition) is 3. The molecular weight excluding hydrogens is 360 g/mol. The molecule has 6 heteroatoms. The number of rotatable bonds is 5. The van der Waals surface area contributed by atoms with Gasteiger partial charge in [0.2, 0.25) is 0 Å². The third-order valence-electron chi connectivity index (χ3n) is 5.85. The largest absolute Gasteiger partial charge is 0.349 e. The van der Waals surface area contributed by atoms with E-state index in [1.807, 2.05) is 19.1 Å². The van der Waals surface area contributed by atoms with E-state index in [-0.39, 0.29) is 16.8 Å². The molecule has 2 aromatic rings. The second-order valence-corrected chi connectivity index (χ2v) is 9.39. The minimum absolute atomic E-state index is 0.0892. The van der Waals surface area contributed by atoms with E-state index in [4.69, 9.17) is 0 Å². The average molecular weight is 385 g/mol. The summed E-state index contributed by atoms with van der Waals surface area (Å²) in [6.07, 6.45) is 4.71. The van der Waals surface area contributed by atoms with Crippen LogP contribution in [0, 0.1) is 18.8 Å². The number of carbonyl (C=O) groups is 1. The van der Waals surface area contributed by atoms with Crippen LogP contribution >= 0.6 is 0 Å². The third kappa shape index (κ3) is 3.72. The molecule has 0 radical (unpaired) electrons. The SMILES string of the molecule is Cc1ccccc1NS(=O)(=O)c1cccc(C(=O)N[C@H]2C[C@@H]3CC[C@@H]2C3)c1.